The largest absolute Gasteiger partial charge is 0.423 e. The molecule has 0 unspecified atom stereocenters. The van der Waals surface area contributed by atoms with Gasteiger partial charge in [0.1, 0.15) is 12.3 Å². The number of carbonyl (C=O) groups excluding carboxylic acids is 5. The summed E-state index contributed by atoms with van der Waals surface area (Å²) >= 11 is 5.97. The van der Waals surface area contributed by atoms with E-state index in [2.05, 4.69) is 0 Å². The van der Waals surface area contributed by atoms with Gasteiger partial charge >= 0.3 is 5.97 Å². The Kier molecular flexibility index (Phi) is 8.18. The summed E-state index contributed by atoms with van der Waals surface area (Å²) in [5.74, 6) is -4.25. The second-order valence-electron chi connectivity index (χ2n) is 10.2. The first-order valence-electron chi connectivity index (χ1n) is 13.2. The van der Waals surface area contributed by atoms with Crippen LogP contribution in [0, 0.1) is 22.0 Å². The Labute approximate surface area is 250 Å². The van der Waals surface area contributed by atoms with Crippen molar-refractivity contribution in [1.29, 1.82) is 0 Å². The van der Waals surface area contributed by atoms with Crippen molar-refractivity contribution in [3.63, 3.8) is 0 Å². The van der Waals surface area contributed by atoms with Gasteiger partial charge in [-0.25, -0.2) is 9.80 Å². The number of allylic oxidation sites excluding steroid dienone is 2. The van der Waals surface area contributed by atoms with Gasteiger partial charge in [0.05, 0.1) is 22.3 Å². The molecule has 0 aromatic heterocycles. The minimum atomic E-state index is -0.758. The minimum absolute atomic E-state index is 0.0908. The third-order valence-electron chi connectivity index (χ3n) is 7.36. The molecular weight excluding hydrogens is 578 g/mol. The molecular formula is C31H24ClN3O8. The molecule has 11 nitrogen and oxygen atoms in total. The number of fused-ring (bicyclic) bond motifs is 1. The van der Waals surface area contributed by atoms with Crippen LogP contribution in [0.2, 0.25) is 5.02 Å². The van der Waals surface area contributed by atoms with Crippen LogP contribution in [0.3, 0.4) is 0 Å². The zero-order valence-electron chi connectivity index (χ0n) is 22.8. The van der Waals surface area contributed by atoms with Crippen molar-refractivity contribution in [1.82, 2.24) is 10.0 Å². The van der Waals surface area contributed by atoms with Crippen LogP contribution < -0.4 is 4.74 Å². The molecule has 3 amide bonds. The number of halogens is 1. The highest BCUT2D eigenvalue weighted by Gasteiger charge is 2.51. The first-order valence-corrected chi connectivity index (χ1v) is 13.6. The van der Waals surface area contributed by atoms with Gasteiger partial charge in [-0.2, -0.15) is 5.01 Å². The molecule has 0 spiro atoms. The molecule has 1 aliphatic heterocycles. The number of amides is 3. The number of nitrogens with zero attached hydrogens (tertiary/aromatic N) is 3. The molecule has 2 aliphatic rings. The Morgan fingerprint density at radius 3 is 2.12 bits per heavy atom. The van der Waals surface area contributed by atoms with E-state index in [0.29, 0.717) is 17.9 Å². The first kappa shape index (κ1) is 29.3. The number of non-ortho nitro benzene ring substituents is 1. The summed E-state index contributed by atoms with van der Waals surface area (Å²) in [7, 11) is 0. The van der Waals surface area contributed by atoms with Crippen molar-refractivity contribution in [2.75, 3.05) is 6.54 Å². The van der Waals surface area contributed by atoms with E-state index in [1.54, 1.807) is 0 Å². The summed E-state index contributed by atoms with van der Waals surface area (Å²) < 4.78 is 5.30. The van der Waals surface area contributed by atoms with Gasteiger partial charge in [-0.15, -0.1) is 0 Å². The topological polar surface area (TPSA) is 144 Å². The fourth-order valence-electron chi connectivity index (χ4n) is 5.05. The average molecular weight is 602 g/mol. The number of esters is 1. The maximum atomic E-state index is 13.6. The van der Waals surface area contributed by atoms with Gasteiger partial charge in [0, 0.05) is 28.3 Å². The van der Waals surface area contributed by atoms with Gasteiger partial charge in [0.15, 0.2) is 5.78 Å². The molecule has 0 saturated carbocycles. The number of hydrogen-bond acceptors (Lipinski definition) is 8. The fourth-order valence-corrected chi connectivity index (χ4v) is 5.18. The standard InChI is InChI=1S/C31H24ClN3O8/c1-18-2-15-25-26(16-18)30(39)34(29(25)38)33(28(37)20-3-9-22(32)10-4-20)17-27(36)19-7-13-24(14-8-19)43-31(40)21-5-11-23(12-6-21)35(41)42/h2-14,25-26H,15-17H2,1H3/t25-,26+/m1/s1. The van der Waals surface area contributed by atoms with Gasteiger partial charge < -0.3 is 4.74 Å². The number of hydrogen-bond donors (Lipinski definition) is 0. The number of ether oxygens (including phenoxy) is 1. The lowest BCUT2D eigenvalue weighted by atomic mass is 9.82. The normalized spacial score (nSPS) is 17.6. The summed E-state index contributed by atoms with van der Waals surface area (Å²) in [6, 6.07) is 16.3. The highest BCUT2D eigenvalue weighted by molar-refractivity contribution is 6.30. The van der Waals surface area contributed by atoms with Crippen molar-refractivity contribution >= 4 is 46.8 Å². The predicted octanol–water partition coefficient (Wildman–Crippen LogP) is 5.05. The van der Waals surface area contributed by atoms with Crippen molar-refractivity contribution in [3.05, 3.63) is 116 Å². The van der Waals surface area contributed by atoms with Crippen LogP contribution in [0.1, 0.15) is 50.8 Å². The number of nitro benzene ring substituents is 1. The lowest BCUT2D eigenvalue weighted by Gasteiger charge is -2.30. The molecule has 1 heterocycles. The molecule has 218 valence electrons. The van der Waals surface area contributed by atoms with Crippen LogP contribution in [0.4, 0.5) is 5.69 Å². The van der Waals surface area contributed by atoms with Gasteiger partial charge in [-0.3, -0.25) is 29.3 Å². The van der Waals surface area contributed by atoms with E-state index in [9.17, 15) is 34.1 Å². The van der Waals surface area contributed by atoms with E-state index < -0.39 is 52.8 Å². The third kappa shape index (κ3) is 6.07. The maximum absolute atomic E-state index is 13.6. The van der Waals surface area contributed by atoms with Crippen molar-refractivity contribution in [3.8, 4) is 5.75 Å². The smallest absolute Gasteiger partial charge is 0.343 e. The minimum Gasteiger partial charge on any atom is -0.423 e. The van der Waals surface area contributed by atoms with Gasteiger partial charge in [0.2, 0.25) is 0 Å². The number of ketones is 1. The van der Waals surface area contributed by atoms with E-state index in [1.807, 2.05) is 13.0 Å². The number of carbonyl (C=O) groups is 5. The number of benzene rings is 3. The Balaban J connectivity index is 1.35. The second-order valence-corrected chi connectivity index (χ2v) is 10.6. The first-order chi connectivity index (χ1) is 20.5. The van der Waals surface area contributed by atoms with Crippen LogP contribution in [0.5, 0.6) is 5.75 Å². The Morgan fingerprint density at radius 2 is 1.49 bits per heavy atom. The zero-order chi connectivity index (χ0) is 30.8. The summed E-state index contributed by atoms with van der Waals surface area (Å²) in [5.41, 5.74) is 1.16. The number of hydrazine groups is 1. The molecule has 43 heavy (non-hydrogen) atoms. The van der Waals surface area contributed by atoms with Crippen LogP contribution in [-0.2, 0) is 9.59 Å². The van der Waals surface area contributed by atoms with Crippen LogP contribution >= 0.6 is 11.6 Å². The lowest BCUT2D eigenvalue weighted by molar-refractivity contribution is -0.384. The lowest BCUT2D eigenvalue weighted by Crippen LogP contribution is -2.52. The Hall–Kier alpha value is -5.16. The average Bonchev–Trinajstić information content (AvgIpc) is 3.24. The summed E-state index contributed by atoms with van der Waals surface area (Å²) in [6.07, 6.45) is 2.67. The van der Waals surface area contributed by atoms with E-state index in [0.717, 1.165) is 15.6 Å². The van der Waals surface area contributed by atoms with Crippen LogP contribution in [0.25, 0.3) is 0 Å². The van der Waals surface area contributed by atoms with E-state index in [4.69, 9.17) is 16.3 Å². The summed E-state index contributed by atoms with van der Waals surface area (Å²) in [6.45, 7) is 1.27. The van der Waals surface area contributed by atoms with E-state index in [-0.39, 0.29) is 28.1 Å². The van der Waals surface area contributed by atoms with Gasteiger partial charge in [-0.05, 0) is 80.4 Å². The highest BCUT2D eigenvalue weighted by atomic mass is 35.5. The summed E-state index contributed by atoms with van der Waals surface area (Å²) in [4.78, 5) is 76.5. The van der Waals surface area contributed by atoms with Gasteiger partial charge in [0.25, 0.3) is 23.4 Å². The Morgan fingerprint density at radius 1 is 0.907 bits per heavy atom. The molecule has 0 N–H and O–H groups in total. The highest BCUT2D eigenvalue weighted by Crippen LogP contribution is 2.38. The number of nitro groups is 1. The molecule has 1 aliphatic carbocycles. The molecule has 1 saturated heterocycles. The third-order valence-corrected chi connectivity index (χ3v) is 7.61. The Bertz CT molecular complexity index is 1670. The SMILES string of the molecule is CC1=CC[C@H]2C(=O)N(N(CC(=O)c3ccc(OC(=O)c4ccc([N+](=O)[O-])cc4)cc3)C(=O)c3ccc(Cl)cc3)C(=O)[C@H]2C1. The quantitative estimate of drug-likeness (QED) is 0.0663. The fraction of sp³-hybridized carbons (Fsp3) is 0.194. The van der Waals surface area contributed by atoms with Crippen LogP contribution in [-0.4, -0.2) is 51.0 Å². The predicted molar refractivity (Wildman–Crippen MR) is 153 cm³/mol. The number of imide groups is 1. The monoisotopic (exact) mass is 601 g/mol. The van der Waals surface area contributed by atoms with Crippen molar-refractivity contribution < 1.29 is 33.6 Å². The molecule has 5 rings (SSSR count). The maximum Gasteiger partial charge on any atom is 0.343 e. The number of rotatable bonds is 8. The number of Topliss-reactive ketones (excluding diaryl/α,β-unsaturated/α-hetero) is 1. The zero-order valence-corrected chi connectivity index (χ0v) is 23.5. The molecule has 2 atom stereocenters. The summed E-state index contributed by atoms with van der Waals surface area (Å²) in [5, 5.41) is 12.9. The molecule has 3 aromatic carbocycles. The van der Waals surface area contributed by atoms with E-state index in [1.165, 1.54) is 72.8 Å². The second kappa shape index (κ2) is 12.0. The molecule has 0 bridgehead atoms. The molecule has 0 radical (unpaired) electrons. The van der Waals surface area contributed by atoms with Crippen molar-refractivity contribution in [2.24, 2.45) is 11.8 Å². The molecule has 1 fully saturated rings. The molecule has 12 heteroatoms. The van der Waals surface area contributed by atoms with Crippen molar-refractivity contribution in [2.45, 2.75) is 19.8 Å². The van der Waals surface area contributed by atoms with E-state index >= 15 is 0 Å². The van der Waals surface area contributed by atoms with Crippen LogP contribution in [0.15, 0.2) is 84.4 Å². The molecule has 3 aromatic rings. The van der Waals surface area contributed by atoms with Gasteiger partial charge in [-0.1, -0.05) is 23.3 Å².